The number of halogens is 1. The number of ether oxygens (including phenoxy) is 1. The summed E-state index contributed by atoms with van der Waals surface area (Å²) >= 11 is 6.11. The fraction of sp³-hybridized carbons (Fsp3) is 0.385. The molecule has 1 rings (SSSR count). The van der Waals surface area contributed by atoms with Gasteiger partial charge in [-0.25, -0.2) is 0 Å². The van der Waals surface area contributed by atoms with Crippen molar-refractivity contribution < 1.29 is 4.74 Å². The summed E-state index contributed by atoms with van der Waals surface area (Å²) in [7, 11) is 1.66. The molecule has 88 valence electrons. The van der Waals surface area contributed by atoms with Crippen LogP contribution in [0.2, 0.25) is 5.02 Å². The number of allylic oxidation sites excluding steroid dienone is 1. The van der Waals surface area contributed by atoms with Crippen LogP contribution in [0.15, 0.2) is 29.8 Å². The number of rotatable bonds is 5. The van der Waals surface area contributed by atoms with E-state index in [2.05, 4.69) is 25.2 Å². The number of methoxy groups -OCH3 is 1. The largest absolute Gasteiger partial charge is 0.496 e. The van der Waals surface area contributed by atoms with Gasteiger partial charge in [-0.3, -0.25) is 0 Å². The zero-order chi connectivity index (χ0) is 12.0. The molecule has 0 saturated carbocycles. The molecule has 0 saturated heterocycles. The summed E-state index contributed by atoms with van der Waals surface area (Å²) in [6, 6.07) is 5.69. The van der Waals surface area contributed by atoms with Gasteiger partial charge in [0.05, 0.1) is 7.11 Å². The van der Waals surface area contributed by atoms with Crippen molar-refractivity contribution in [3.8, 4) is 5.75 Å². The maximum absolute atomic E-state index is 6.11. The number of hydrogen-bond acceptors (Lipinski definition) is 2. The molecule has 0 unspecified atom stereocenters. The van der Waals surface area contributed by atoms with Crippen LogP contribution in [0, 0.1) is 0 Å². The van der Waals surface area contributed by atoms with Crippen LogP contribution >= 0.6 is 11.6 Å². The highest BCUT2D eigenvalue weighted by Crippen LogP contribution is 2.25. The summed E-state index contributed by atoms with van der Waals surface area (Å²) in [4.78, 5) is 0. The lowest BCUT2D eigenvalue weighted by Crippen LogP contribution is -2.14. The third-order valence-corrected chi connectivity index (χ3v) is 2.61. The van der Waals surface area contributed by atoms with Crippen LogP contribution in [0.4, 0.5) is 0 Å². The highest BCUT2D eigenvalue weighted by molar-refractivity contribution is 6.31. The van der Waals surface area contributed by atoms with Crippen molar-refractivity contribution in [2.24, 2.45) is 0 Å². The maximum atomic E-state index is 6.11. The standard InChI is InChI=1S/C13H18ClNO/c1-10(2)7-8-15-9-11-12(14)5-4-6-13(11)16-3/h4-7,15H,8-9H2,1-3H3. The molecule has 1 aromatic carbocycles. The van der Waals surface area contributed by atoms with Gasteiger partial charge in [-0.05, 0) is 26.0 Å². The van der Waals surface area contributed by atoms with E-state index in [1.165, 1.54) is 5.57 Å². The average molecular weight is 240 g/mol. The van der Waals surface area contributed by atoms with Crippen molar-refractivity contribution >= 4 is 11.6 Å². The zero-order valence-electron chi connectivity index (χ0n) is 10.0. The van der Waals surface area contributed by atoms with Crippen molar-refractivity contribution in [2.45, 2.75) is 20.4 Å². The van der Waals surface area contributed by atoms with Crippen molar-refractivity contribution in [2.75, 3.05) is 13.7 Å². The van der Waals surface area contributed by atoms with Crippen LogP contribution in [0.5, 0.6) is 5.75 Å². The summed E-state index contributed by atoms with van der Waals surface area (Å²) in [5.74, 6) is 0.831. The minimum absolute atomic E-state index is 0.715. The van der Waals surface area contributed by atoms with Gasteiger partial charge in [0.1, 0.15) is 5.75 Å². The fourth-order valence-electron chi connectivity index (χ4n) is 1.38. The molecule has 0 amide bonds. The maximum Gasteiger partial charge on any atom is 0.124 e. The molecule has 0 fully saturated rings. The van der Waals surface area contributed by atoms with Crippen LogP contribution in [0.25, 0.3) is 0 Å². The van der Waals surface area contributed by atoms with Crippen molar-refractivity contribution in [1.82, 2.24) is 5.32 Å². The summed E-state index contributed by atoms with van der Waals surface area (Å²) < 4.78 is 5.26. The molecule has 1 aromatic rings. The molecule has 0 heterocycles. The molecular formula is C13H18ClNO. The Bertz CT molecular complexity index is 370. The first-order chi connectivity index (χ1) is 7.65. The molecule has 3 heteroatoms. The van der Waals surface area contributed by atoms with Crippen molar-refractivity contribution in [3.63, 3.8) is 0 Å². The fourth-order valence-corrected chi connectivity index (χ4v) is 1.61. The van der Waals surface area contributed by atoms with Crippen LogP contribution in [0.1, 0.15) is 19.4 Å². The molecule has 0 bridgehead atoms. The third kappa shape index (κ3) is 3.87. The van der Waals surface area contributed by atoms with E-state index >= 15 is 0 Å². The van der Waals surface area contributed by atoms with E-state index in [1.54, 1.807) is 7.11 Å². The minimum atomic E-state index is 0.715. The Hall–Kier alpha value is -0.990. The number of benzene rings is 1. The van der Waals surface area contributed by atoms with Gasteiger partial charge < -0.3 is 10.1 Å². The summed E-state index contributed by atoms with van der Waals surface area (Å²) in [5, 5.41) is 4.05. The molecule has 0 atom stereocenters. The summed E-state index contributed by atoms with van der Waals surface area (Å²) in [5.41, 5.74) is 2.31. The molecule has 1 N–H and O–H groups in total. The normalized spacial score (nSPS) is 10.0. The molecule has 0 radical (unpaired) electrons. The van der Waals surface area contributed by atoms with Crippen LogP contribution in [-0.2, 0) is 6.54 Å². The second-order valence-corrected chi connectivity index (χ2v) is 4.24. The van der Waals surface area contributed by atoms with Gasteiger partial charge in [0, 0.05) is 23.7 Å². The monoisotopic (exact) mass is 239 g/mol. The minimum Gasteiger partial charge on any atom is -0.496 e. The van der Waals surface area contributed by atoms with Gasteiger partial charge >= 0.3 is 0 Å². The Kier molecular flexibility index (Phi) is 5.36. The van der Waals surface area contributed by atoms with E-state index in [0.29, 0.717) is 6.54 Å². The highest BCUT2D eigenvalue weighted by Gasteiger charge is 2.05. The van der Waals surface area contributed by atoms with Crippen molar-refractivity contribution in [3.05, 3.63) is 40.4 Å². The van der Waals surface area contributed by atoms with Gasteiger partial charge in [0.15, 0.2) is 0 Å². The Morgan fingerprint density at radius 1 is 1.44 bits per heavy atom. The van der Waals surface area contributed by atoms with E-state index in [4.69, 9.17) is 16.3 Å². The SMILES string of the molecule is COc1cccc(Cl)c1CNCC=C(C)C. The van der Waals surface area contributed by atoms with E-state index in [9.17, 15) is 0 Å². The predicted molar refractivity (Wildman–Crippen MR) is 69.1 cm³/mol. The topological polar surface area (TPSA) is 21.3 Å². The van der Waals surface area contributed by atoms with E-state index < -0.39 is 0 Å². The van der Waals surface area contributed by atoms with Crippen LogP contribution in [-0.4, -0.2) is 13.7 Å². The Balaban J connectivity index is 2.62. The Morgan fingerprint density at radius 2 is 2.19 bits per heavy atom. The summed E-state index contributed by atoms with van der Waals surface area (Å²) in [6.45, 7) is 5.72. The molecular weight excluding hydrogens is 222 g/mol. The molecule has 0 aliphatic heterocycles. The van der Waals surface area contributed by atoms with Gasteiger partial charge in [0.25, 0.3) is 0 Å². The second kappa shape index (κ2) is 6.56. The summed E-state index contributed by atoms with van der Waals surface area (Å²) in [6.07, 6.45) is 2.14. The van der Waals surface area contributed by atoms with E-state index in [1.807, 2.05) is 18.2 Å². The zero-order valence-corrected chi connectivity index (χ0v) is 10.8. The third-order valence-electron chi connectivity index (χ3n) is 2.25. The Morgan fingerprint density at radius 3 is 2.81 bits per heavy atom. The highest BCUT2D eigenvalue weighted by atomic mass is 35.5. The van der Waals surface area contributed by atoms with Gasteiger partial charge in [-0.15, -0.1) is 0 Å². The predicted octanol–water partition coefficient (Wildman–Crippen LogP) is 3.40. The molecule has 16 heavy (non-hydrogen) atoms. The van der Waals surface area contributed by atoms with E-state index in [-0.39, 0.29) is 0 Å². The molecule has 2 nitrogen and oxygen atoms in total. The number of nitrogens with one attached hydrogen (secondary N) is 1. The smallest absolute Gasteiger partial charge is 0.124 e. The van der Waals surface area contributed by atoms with Crippen LogP contribution in [0.3, 0.4) is 0 Å². The lowest BCUT2D eigenvalue weighted by molar-refractivity contribution is 0.408. The Labute approximate surface area is 102 Å². The molecule has 0 spiro atoms. The lowest BCUT2D eigenvalue weighted by atomic mass is 10.2. The van der Waals surface area contributed by atoms with Gasteiger partial charge in [0.2, 0.25) is 0 Å². The number of hydrogen-bond donors (Lipinski definition) is 1. The first kappa shape index (κ1) is 13.1. The molecule has 0 aliphatic rings. The first-order valence-electron chi connectivity index (χ1n) is 5.30. The van der Waals surface area contributed by atoms with E-state index in [0.717, 1.165) is 22.9 Å². The van der Waals surface area contributed by atoms with Gasteiger partial charge in [-0.2, -0.15) is 0 Å². The average Bonchev–Trinajstić information content (AvgIpc) is 2.25. The molecule has 0 aromatic heterocycles. The quantitative estimate of drug-likeness (QED) is 0.628. The second-order valence-electron chi connectivity index (χ2n) is 3.83. The molecule has 0 aliphatic carbocycles. The van der Waals surface area contributed by atoms with Gasteiger partial charge in [-0.1, -0.05) is 29.3 Å². The van der Waals surface area contributed by atoms with Crippen LogP contribution < -0.4 is 10.1 Å². The lowest BCUT2D eigenvalue weighted by Gasteiger charge is -2.10. The first-order valence-corrected chi connectivity index (χ1v) is 5.68. The van der Waals surface area contributed by atoms with Crippen molar-refractivity contribution in [1.29, 1.82) is 0 Å².